The molecule has 9 nitrogen and oxygen atoms in total. The summed E-state index contributed by atoms with van der Waals surface area (Å²) >= 11 is 0. The van der Waals surface area contributed by atoms with Gasteiger partial charge in [-0.3, -0.25) is 4.79 Å². The first-order valence-corrected chi connectivity index (χ1v) is 24.5. The molecule has 9 heteroatoms. The van der Waals surface area contributed by atoms with Gasteiger partial charge in [0.2, 0.25) is 5.91 Å². The Morgan fingerprint density at radius 3 is 1.48 bits per heavy atom. The Labute approximate surface area is 356 Å². The number of allylic oxidation sites excluding steroid dienone is 4. The van der Waals surface area contributed by atoms with Gasteiger partial charge in [-0.05, 0) is 44.9 Å². The van der Waals surface area contributed by atoms with Gasteiger partial charge in [0.05, 0.1) is 25.4 Å². The van der Waals surface area contributed by atoms with Gasteiger partial charge in [0, 0.05) is 6.42 Å². The van der Waals surface area contributed by atoms with E-state index in [4.69, 9.17) is 9.47 Å². The van der Waals surface area contributed by atoms with E-state index in [0.717, 1.165) is 51.4 Å². The van der Waals surface area contributed by atoms with E-state index in [1.165, 1.54) is 148 Å². The molecule has 1 aliphatic rings. The van der Waals surface area contributed by atoms with Crippen LogP contribution in [0.3, 0.4) is 0 Å². The second-order valence-corrected chi connectivity index (χ2v) is 17.3. The smallest absolute Gasteiger partial charge is 0.220 e. The molecule has 1 aliphatic heterocycles. The number of carbonyl (C=O) groups excluding carboxylic acids is 1. The van der Waals surface area contributed by atoms with Crippen LogP contribution in [0.25, 0.3) is 0 Å². The summed E-state index contributed by atoms with van der Waals surface area (Å²) in [7, 11) is 0. The largest absolute Gasteiger partial charge is 0.394 e. The summed E-state index contributed by atoms with van der Waals surface area (Å²) in [6.45, 7) is 3.70. The van der Waals surface area contributed by atoms with Gasteiger partial charge in [0.1, 0.15) is 24.4 Å². The zero-order chi connectivity index (χ0) is 42.3. The molecule has 6 N–H and O–H groups in total. The highest BCUT2D eigenvalue weighted by Gasteiger charge is 2.44. The number of carbonyl (C=O) groups is 1. The van der Waals surface area contributed by atoms with Gasteiger partial charge in [-0.25, -0.2) is 0 Å². The molecule has 0 aliphatic carbocycles. The second kappa shape index (κ2) is 39.8. The van der Waals surface area contributed by atoms with Crippen molar-refractivity contribution in [2.45, 2.75) is 269 Å². The van der Waals surface area contributed by atoms with Crippen LogP contribution in [0.15, 0.2) is 24.3 Å². The summed E-state index contributed by atoms with van der Waals surface area (Å²) in [6, 6.07) is -0.711. The van der Waals surface area contributed by atoms with Crippen molar-refractivity contribution in [3.63, 3.8) is 0 Å². The number of unbranched alkanes of at least 4 members (excludes halogenated alkanes) is 27. The zero-order valence-electron chi connectivity index (χ0n) is 37.6. The van der Waals surface area contributed by atoms with Crippen molar-refractivity contribution in [1.82, 2.24) is 5.32 Å². The van der Waals surface area contributed by atoms with E-state index in [1.807, 2.05) is 0 Å². The number of amides is 1. The molecule has 58 heavy (non-hydrogen) atoms. The Kier molecular flexibility index (Phi) is 37.5. The summed E-state index contributed by atoms with van der Waals surface area (Å²) in [4.78, 5) is 12.8. The van der Waals surface area contributed by atoms with Gasteiger partial charge in [0.15, 0.2) is 6.29 Å². The van der Waals surface area contributed by atoms with Crippen LogP contribution in [0.4, 0.5) is 0 Å². The molecule has 0 spiro atoms. The molecule has 0 aromatic carbocycles. The lowest BCUT2D eigenvalue weighted by atomic mass is 9.99. The van der Waals surface area contributed by atoms with Crippen LogP contribution in [0.2, 0.25) is 0 Å². The zero-order valence-corrected chi connectivity index (χ0v) is 37.6. The number of hydrogen-bond donors (Lipinski definition) is 6. The van der Waals surface area contributed by atoms with Gasteiger partial charge in [-0.1, -0.05) is 199 Å². The van der Waals surface area contributed by atoms with Crippen LogP contribution in [0.1, 0.15) is 226 Å². The number of aliphatic hydroxyl groups is 5. The molecule has 1 saturated heterocycles. The summed E-state index contributed by atoms with van der Waals surface area (Å²) in [5.41, 5.74) is 0. The summed E-state index contributed by atoms with van der Waals surface area (Å²) in [5, 5.41) is 53.8. The first-order chi connectivity index (χ1) is 28.3. The Morgan fingerprint density at radius 2 is 1.02 bits per heavy atom. The lowest BCUT2D eigenvalue weighted by Gasteiger charge is -2.40. The van der Waals surface area contributed by atoms with Crippen LogP contribution in [-0.4, -0.2) is 87.5 Å². The highest BCUT2D eigenvalue weighted by Crippen LogP contribution is 2.23. The van der Waals surface area contributed by atoms with Gasteiger partial charge in [-0.15, -0.1) is 0 Å². The lowest BCUT2D eigenvalue weighted by molar-refractivity contribution is -0.302. The average molecular weight is 824 g/mol. The fourth-order valence-electron chi connectivity index (χ4n) is 7.84. The van der Waals surface area contributed by atoms with Crippen molar-refractivity contribution in [2.75, 3.05) is 13.2 Å². The van der Waals surface area contributed by atoms with Crippen molar-refractivity contribution in [3.05, 3.63) is 24.3 Å². The normalized spacial score (nSPS) is 21.0. The minimum absolute atomic E-state index is 0.138. The molecule has 7 atom stereocenters. The topological polar surface area (TPSA) is 149 Å². The molecule has 1 amide bonds. The number of ether oxygens (including phenoxy) is 2. The van der Waals surface area contributed by atoms with Crippen molar-refractivity contribution < 1.29 is 39.8 Å². The maximum atomic E-state index is 12.8. The third-order valence-corrected chi connectivity index (χ3v) is 11.8. The minimum atomic E-state index is -1.55. The third kappa shape index (κ3) is 29.8. The fraction of sp³-hybridized carbons (Fsp3) is 0.898. The predicted octanol–water partition coefficient (Wildman–Crippen LogP) is 10.7. The molecule has 0 aromatic rings. The van der Waals surface area contributed by atoms with Gasteiger partial charge in [-0.2, -0.15) is 0 Å². The molecule has 0 aromatic heterocycles. The molecule has 0 saturated carbocycles. The number of aliphatic hydroxyl groups excluding tert-OH is 5. The summed E-state index contributed by atoms with van der Waals surface area (Å²) in [6.07, 6.45) is 41.4. The first-order valence-electron chi connectivity index (χ1n) is 24.5. The van der Waals surface area contributed by atoms with Crippen molar-refractivity contribution in [2.24, 2.45) is 0 Å². The SMILES string of the molecule is CCCCCCC/C=C\C/C=C\CCCCCCCCCCCCCCCCCCCCCC(=O)NC(COC1OC(CO)C(O)C(O)C1O)C(O)CCCCCC. The monoisotopic (exact) mass is 824 g/mol. The second-order valence-electron chi connectivity index (χ2n) is 17.3. The number of nitrogens with one attached hydrogen (secondary N) is 1. The molecular weight excluding hydrogens is 731 g/mol. The van der Waals surface area contributed by atoms with E-state index in [0.29, 0.717) is 12.8 Å². The maximum absolute atomic E-state index is 12.8. The Bertz CT molecular complexity index is 961. The third-order valence-electron chi connectivity index (χ3n) is 11.8. The van der Waals surface area contributed by atoms with E-state index in [-0.39, 0.29) is 12.5 Å². The van der Waals surface area contributed by atoms with E-state index in [9.17, 15) is 30.3 Å². The Hall–Kier alpha value is -1.33. The minimum Gasteiger partial charge on any atom is -0.394 e. The highest BCUT2D eigenvalue weighted by atomic mass is 16.7. The first kappa shape index (κ1) is 54.7. The van der Waals surface area contributed by atoms with Gasteiger partial charge in [0.25, 0.3) is 0 Å². The van der Waals surface area contributed by atoms with Gasteiger partial charge >= 0.3 is 0 Å². The lowest BCUT2D eigenvalue weighted by Crippen LogP contribution is -2.60. The summed E-state index contributed by atoms with van der Waals surface area (Å²) < 4.78 is 11.1. The quantitative estimate of drug-likeness (QED) is 0.0264. The molecule has 0 radical (unpaired) electrons. The van der Waals surface area contributed by atoms with Crippen LogP contribution < -0.4 is 5.32 Å². The molecule has 7 unspecified atom stereocenters. The molecule has 1 heterocycles. The van der Waals surface area contributed by atoms with Crippen molar-refractivity contribution >= 4 is 5.91 Å². The van der Waals surface area contributed by atoms with E-state index in [1.54, 1.807) is 0 Å². The van der Waals surface area contributed by atoms with Crippen molar-refractivity contribution in [3.8, 4) is 0 Å². The molecule has 0 bridgehead atoms. The van der Waals surface area contributed by atoms with Crippen LogP contribution in [0, 0.1) is 0 Å². The van der Waals surface area contributed by atoms with Crippen LogP contribution >= 0.6 is 0 Å². The van der Waals surface area contributed by atoms with Crippen LogP contribution in [0.5, 0.6) is 0 Å². The Morgan fingerprint density at radius 1 is 0.586 bits per heavy atom. The number of rotatable bonds is 41. The van der Waals surface area contributed by atoms with E-state index >= 15 is 0 Å². The highest BCUT2D eigenvalue weighted by molar-refractivity contribution is 5.76. The molecular formula is C49H93NO8. The van der Waals surface area contributed by atoms with E-state index < -0.39 is 49.5 Å². The summed E-state index contributed by atoms with van der Waals surface area (Å²) in [5.74, 6) is -0.151. The molecule has 342 valence electrons. The standard InChI is InChI=1S/C49H93NO8/c1-3-5-7-9-10-11-12-13-14-15-16-17-18-19-20-21-22-23-24-25-26-27-28-29-30-31-32-33-34-35-37-39-45(53)50-42(43(52)38-36-8-6-4-2)41-57-49-48(56)47(55)46(54)44(40-51)58-49/h12-13,15-16,42-44,46-49,51-52,54-56H,3-11,14,17-41H2,1-2H3,(H,50,53)/b13-12-,16-15-. The fourth-order valence-corrected chi connectivity index (χ4v) is 7.84. The predicted molar refractivity (Wildman–Crippen MR) is 240 cm³/mol. The Balaban J connectivity index is 2.00. The molecule has 1 rings (SSSR count). The average Bonchev–Trinajstić information content (AvgIpc) is 3.22. The molecule has 1 fully saturated rings. The van der Waals surface area contributed by atoms with Gasteiger partial charge < -0.3 is 40.3 Å². The van der Waals surface area contributed by atoms with Crippen molar-refractivity contribution in [1.29, 1.82) is 0 Å². The van der Waals surface area contributed by atoms with E-state index in [2.05, 4.69) is 43.5 Å². The maximum Gasteiger partial charge on any atom is 0.220 e. The van der Waals surface area contributed by atoms with Crippen LogP contribution in [-0.2, 0) is 14.3 Å². The number of hydrogen-bond acceptors (Lipinski definition) is 8.